The lowest BCUT2D eigenvalue weighted by atomic mass is 9.66. The fourth-order valence-corrected chi connectivity index (χ4v) is 4.46. The number of fused-ring (bicyclic) bond motifs is 1. The van der Waals surface area contributed by atoms with Gasteiger partial charge in [-0.2, -0.15) is 0 Å². The van der Waals surface area contributed by atoms with Crippen LogP contribution in [0.3, 0.4) is 0 Å². The van der Waals surface area contributed by atoms with Crippen LogP contribution in [0.5, 0.6) is 0 Å². The summed E-state index contributed by atoms with van der Waals surface area (Å²) in [6, 6.07) is 0.253. The molecule has 3 N–H and O–H groups in total. The maximum Gasteiger partial charge on any atom is 0.111 e. The SMILES string of the molecule is NNC(C1=CCCCO1)C1CCC2CCCCC2C1. The van der Waals surface area contributed by atoms with Crippen molar-refractivity contribution in [1.29, 1.82) is 0 Å². The first-order chi connectivity index (χ1) is 9.38. The topological polar surface area (TPSA) is 47.3 Å². The molecule has 0 aromatic heterocycles. The lowest BCUT2D eigenvalue weighted by molar-refractivity contribution is 0.0883. The van der Waals surface area contributed by atoms with Gasteiger partial charge in [-0.3, -0.25) is 5.84 Å². The van der Waals surface area contributed by atoms with Gasteiger partial charge >= 0.3 is 0 Å². The molecule has 4 atom stereocenters. The van der Waals surface area contributed by atoms with Crippen molar-refractivity contribution in [2.75, 3.05) is 6.61 Å². The summed E-state index contributed by atoms with van der Waals surface area (Å²) in [4.78, 5) is 0. The van der Waals surface area contributed by atoms with Crippen LogP contribution in [0.25, 0.3) is 0 Å². The Balaban J connectivity index is 1.65. The van der Waals surface area contributed by atoms with Crippen molar-refractivity contribution >= 4 is 0 Å². The van der Waals surface area contributed by atoms with Gasteiger partial charge in [0.15, 0.2) is 0 Å². The minimum absolute atomic E-state index is 0.253. The molecule has 4 unspecified atom stereocenters. The normalized spacial score (nSPS) is 36.9. The predicted molar refractivity (Wildman–Crippen MR) is 77.2 cm³/mol. The van der Waals surface area contributed by atoms with Gasteiger partial charge in [-0.15, -0.1) is 0 Å². The second kappa shape index (κ2) is 6.27. The molecule has 0 aromatic carbocycles. The highest BCUT2D eigenvalue weighted by Crippen LogP contribution is 2.44. The van der Waals surface area contributed by atoms with E-state index in [9.17, 15) is 0 Å². The highest BCUT2D eigenvalue weighted by Gasteiger charge is 2.36. The number of nitrogens with two attached hydrogens (primary N) is 1. The second-order valence-corrected chi connectivity index (χ2v) is 6.62. The summed E-state index contributed by atoms with van der Waals surface area (Å²) in [5.41, 5.74) is 3.04. The molecule has 0 amide bonds. The Morgan fingerprint density at radius 2 is 1.95 bits per heavy atom. The fraction of sp³-hybridized carbons (Fsp3) is 0.875. The van der Waals surface area contributed by atoms with E-state index in [0.29, 0.717) is 5.92 Å². The van der Waals surface area contributed by atoms with Crippen LogP contribution < -0.4 is 11.3 Å². The van der Waals surface area contributed by atoms with E-state index in [1.54, 1.807) is 0 Å². The van der Waals surface area contributed by atoms with Crippen molar-refractivity contribution in [3.05, 3.63) is 11.8 Å². The fourth-order valence-electron chi connectivity index (χ4n) is 4.46. The molecule has 0 bridgehead atoms. The third-order valence-electron chi connectivity index (χ3n) is 5.50. The van der Waals surface area contributed by atoms with E-state index >= 15 is 0 Å². The number of hydrazine groups is 1. The summed E-state index contributed by atoms with van der Waals surface area (Å²) >= 11 is 0. The molecule has 2 fully saturated rings. The van der Waals surface area contributed by atoms with E-state index in [-0.39, 0.29) is 6.04 Å². The van der Waals surface area contributed by atoms with Crippen LogP contribution in [0.4, 0.5) is 0 Å². The molecule has 3 rings (SSSR count). The number of ether oxygens (including phenoxy) is 1. The van der Waals surface area contributed by atoms with Gasteiger partial charge in [0.05, 0.1) is 12.6 Å². The molecule has 0 aromatic rings. The largest absolute Gasteiger partial charge is 0.497 e. The molecule has 0 spiro atoms. The molecule has 2 aliphatic carbocycles. The molecule has 3 heteroatoms. The smallest absolute Gasteiger partial charge is 0.111 e. The highest BCUT2D eigenvalue weighted by molar-refractivity contribution is 5.08. The van der Waals surface area contributed by atoms with Crippen LogP contribution in [-0.4, -0.2) is 12.6 Å². The van der Waals surface area contributed by atoms with Gasteiger partial charge in [0.1, 0.15) is 5.76 Å². The Morgan fingerprint density at radius 1 is 1.11 bits per heavy atom. The second-order valence-electron chi connectivity index (χ2n) is 6.62. The maximum absolute atomic E-state index is 5.84. The van der Waals surface area contributed by atoms with Crippen molar-refractivity contribution in [3.63, 3.8) is 0 Å². The van der Waals surface area contributed by atoms with Crippen molar-refractivity contribution in [1.82, 2.24) is 5.43 Å². The number of hydrogen-bond acceptors (Lipinski definition) is 3. The van der Waals surface area contributed by atoms with E-state index in [1.165, 1.54) is 44.9 Å². The van der Waals surface area contributed by atoms with Crippen molar-refractivity contribution in [3.8, 4) is 0 Å². The van der Waals surface area contributed by atoms with Crippen LogP contribution >= 0.6 is 0 Å². The first kappa shape index (κ1) is 13.4. The van der Waals surface area contributed by atoms with Crippen molar-refractivity contribution < 1.29 is 4.74 Å². The van der Waals surface area contributed by atoms with Crippen LogP contribution in [0.1, 0.15) is 57.8 Å². The lowest BCUT2D eigenvalue weighted by Gasteiger charge is -2.42. The van der Waals surface area contributed by atoms with Crippen LogP contribution in [0.2, 0.25) is 0 Å². The van der Waals surface area contributed by atoms with Gasteiger partial charge in [-0.05, 0) is 55.9 Å². The summed E-state index contributed by atoms with van der Waals surface area (Å²) in [6.07, 6.45) is 14.4. The highest BCUT2D eigenvalue weighted by atomic mass is 16.5. The number of allylic oxidation sites excluding steroid dienone is 1. The number of nitrogens with one attached hydrogen (secondary N) is 1. The first-order valence-corrected chi connectivity index (χ1v) is 8.17. The van der Waals surface area contributed by atoms with Gasteiger partial charge in [-0.25, -0.2) is 5.43 Å². The Labute approximate surface area is 116 Å². The van der Waals surface area contributed by atoms with Crippen molar-refractivity contribution in [2.45, 2.75) is 63.8 Å². The minimum Gasteiger partial charge on any atom is -0.497 e. The Bertz CT molecular complexity index is 329. The average molecular weight is 264 g/mol. The zero-order valence-electron chi connectivity index (χ0n) is 11.9. The maximum atomic E-state index is 5.84. The van der Waals surface area contributed by atoms with E-state index in [0.717, 1.165) is 37.0 Å². The van der Waals surface area contributed by atoms with Gasteiger partial charge in [0.25, 0.3) is 0 Å². The molecular formula is C16H28N2O. The molecule has 2 saturated carbocycles. The van der Waals surface area contributed by atoms with Crippen LogP contribution in [0.15, 0.2) is 11.8 Å². The van der Waals surface area contributed by atoms with E-state index < -0.39 is 0 Å². The van der Waals surface area contributed by atoms with Crippen LogP contribution in [0, 0.1) is 17.8 Å². The standard InChI is InChI=1S/C16H28N2O/c17-18-16(15-7-3-4-10-19-15)14-9-8-12-5-1-2-6-13(12)11-14/h7,12-14,16,18H,1-6,8-11,17H2. The molecule has 0 saturated heterocycles. The molecule has 108 valence electrons. The Morgan fingerprint density at radius 3 is 2.68 bits per heavy atom. The molecule has 1 aliphatic heterocycles. The van der Waals surface area contributed by atoms with Crippen LogP contribution in [-0.2, 0) is 4.74 Å². The van der Waals surface area contributed by atoms with Gasteiger partial charge in [-0.1, -0.05) is 25.7 Å². The summed E-state index contributed by atoms with van der Waals surface area (Å²) in [5, 5.41) is 0. The van der Waals surface area contributed by atoms with Gasteiger partial charge in [0, 0.05) is 0 Å². The molecule has 3 aliphatic rings. The monoisotopic (exact) mass is 264 g/mol. The Hall–Kier alpha value is -0.540. The van der Waals surface area contributed by atoms with Gasteiger partial charge in [0.2, 0.25) is 0 Å². The van der Waals surface area contributed by atoms with Gasteiger partial charge < -0.3 is 4.74 Å². The lowest BCUT2D eigenvalue weighted by Crippen LogP contribution is -2.46. The zero-order valence-corrected chi connectivity index (χ0v) is 11.9. The summed E-state index contributed by atoms with van der Waals surface area (Å²) in [5.74, 6) is 9.58. The molecule has 1 heterocycles. The minimum atomic E-state index is 0.253. The molecule has 3 nitrogen and oxygen atoms in total. The molecule has 19 heavy (non-hydrogen) atoms. The quantitative estimate of drug-likeness (QED) is 0.608. The summed E-state index contributed by atoms with van der Waals surface area (Å²) in [6.45, 7) is 0.864. The predicted octanol–water partition coefficient (Wildman–Crippen LogP) is 3.12. The third kappa shape index (κ3) is 2.97. The summed E-state index contributed by atoms with van der Waals surface area (Å²) < 4.78 is 5.84. The zero-order chi connectivity index (χ0) is 13.1. The average Bonchev–Trinajstić information content (AvgIpc) is 2.49. The van der Waals surface area contributed by atoms with E-state index in [4.69, 9.17) is 10.6 Å². The third-order valence-corrected chi connectivity index (χ3v) is 5.50. The number of hydrogen-bond donors (Lipinski definition) is 2. The first-order valence-electron chi connectivity index (χ1n) is 8.17. The van der Waals surface area contributed by atoms with Crippen molar-refractivity contribution in [2.24, 2.45) is 23.6 Å². The molecule has 0 radical (unpaired) electrons. The Kier molecular flexibility index (Phi) is 4.44. The molecular weight excluding hydrogens is 236 g/mol. The summed E-state index contributed by atoms with van der Waals surface area (Å²) in [7, 11) is 0. The number of rotatable bonds is 3. The van der Waals surface area contributed by atoms with E-state index in [1.807, 2.05) is 0 Å². The van der Waals surface area contributed by atoms with E-state index in [2.05, 4.69) is 11.5 Å².